The average molecular weight is 451 g/mol. The molecule has 4 heterocycles. The Morgan fingerprint density at radius 1 is 1.22 bits per heavy atom. The van der Waals surface area contributed by atoms with Gasteiger partial charge in [-0.2, -0.15) is 5.10 Å². The number of nitrogens with zero attached hydrogens (tertiary/aromatic N) is 4. The number of aromatic amines is 1. The van der Waals surface area contributed by atoms with Crippen molar-refractivity contribution in [2.75, 3.05) is 23.7 Å². The van der Waals surface area contributed by atoms with Crippen molar-refractivity contribution in [2.45, 2.75) is 25.8 Å². The van der Waals surface area contributed by atoms with Crippen molar-refractivity contribution in [3.8, 4) is 11.5 Å². The highest BCUT2D eigenvalue weighted by Crippen LogP contribution is 2.33. The number of carbonyl (C=O) groups excluding carboxylic acids is 1. The van der Waals surface area contributed by atoms with Gasteiger partial charge in [-0.15, -0.1) is 10.2 Å². The number of aromatic nitrogens is 5. The number of amides is 1. The van der Waals surface area contributed by atoms with Crippen LogP contribution in [0.3, 0.4) is 0 Å². The largest absolute Gasteiger partial charge is 0.456 e. The maximum Gasteiger partial charge on any atom is 0.257 e. The lowest BCUT2D eigenvalue weighted by Gasteiger charge is -2.23. The van der Waals surface area contributed by atoms with Crippen molar-refractivity contribution in [1.29, 1.82) is 0 Å². The Balaban J connectivity index is 1.32. The maximum atomic E-state index is 12.4. The predicted molar refractivity (Wildman–Crippen MR) is 123 cm³/mol. The second-order valence-corrected chi connectivity index (χ2v) is 8.68. The Morgan fingerprint density at radius 3 is 2.84 bits per heavy atom. The summed E-state index contributed by atoms with van der Waals surface area (Å²) in [6.45, 7) is 3.78. The van der Waals surface area contributed by atoms with E-state index in [9.17, 15) is 4.79 Å². The van der Waals surface area contributed by atoms with E-state index in [0.717, 1.165) is 42.1 Å². The summed E-state index contributed by atoms with van der Waals surface area (Å²) in [7, 11) is 0. The summed E-state index contributed by atoms with van der Waals surface area (Å²) in [6, 6.07) is 9.03. The van der Waals surface area contributed by atoms with Crippen molar-refractivity contribution in [1.82, 2.24) is 30.7 Å². The molecule has 0 unspecified atom stereocenters. The number of anilines is 2. The van der Waals surface area contributed by atoms with E-state index in [4.69, 9.17) is 4.74 Å². The van der Waals surface area contributed by atoms with Crippen LogP contribution in [0.4, 0.5) is 10.9 Å². The van der Waals surface area contributed by atoms with Crippen LogP contribution in [0.25, 0.3) is 11.0 Å². The summed E-state index contributed by atoms with van der Waals surface area (Å²) in [5, 5.41) is 26.9. The number of carbonyl (C=O) groups is 1. The first kappa shape index (κ1) is 20.3. The molecule has 1 amide bonds. The van der Waals surface area contributed by atoms with Gasteiger partial charge in [-0.1, -0.05) is 11.3 Å². The molecule has 3 aromatic heterocycles. The maximum absolute atomic E-state index is 12.4. The van der Waals surface area contributed by atoms with Crippen molar-refractivity contribution < 1.29 is 9.53 Å². The van der Waals surface area contributed by atoms with Crippen molar-refractivity contribution >= 4 is 39.2 Å². The lowest BCUT2D eigenvalue weighted by molar-refractivity contribution is 0.102. The summed E-state index contributed by atoms with van der Waals surface area (Å²) >= 11 is 1.33. The van der Waals surface area contributed by atoms with Gasteiger partial charge in [0.2, 0.25) is 5.13 Å². The molecule has 0 bridgehead atoms. The molecule has 4 aromatic rings. The summed E-state index contributed by atoms with van der Waals surface area (Å²) in [6.07, 6.45) is 3.88. The zero-order valence-corrected chi connectivity index (χ0v) is 18.2. The quantitative estimate of drug-likeness (QED) is 0.352. The van der Waals surface area contributed by atoms with E-state index < -0.39 is 0 Å². The molecular weight excluding hydrogens is 428 g/mol. The van der Waals surface area contributed by atoms with E-state index in [1.165, 1.54) is 11.3 Å². The van der Waals surface area contributed by atoms with Gasteiger partial charge in [-0.3, -0.25) is 15.2 Å². The Kier molecular flexibility index (Phi) is 5.65. The van der Waals surface area contributed by atoms with Crippen molar-refractivity contribution in [3.05, 3.63) is 47.1 Å². The molecule has 5 rings (SSSR count). The lowest BCUT2D eigenvalue weighted by Crippen LogP contribution is -2.38. The molecule has 0 radical (unpaired) electrons. The molecule has 1 saturated heterocycles. The summed E-state index contributed by atoms with van der Waals surface area (Å²) in [5.74, 6) is 1.71. The van der Waals surface area contributed by atoms with Gasteiger partial charge < -0.3 is 15.4 Å². The zero-order valence-electron chi connectivity index (χ0n) is 17.4. The number of fused-ring (bicyclic) bond motifs is 1. The second-order valence-electron chi connectivity index (χ2n) is 7.50. The van der Waals surface area contributed by atoms with E-state index in [1.54, 1.807) is 36.5 Å². The number of hydrogen-bond acceptors (Lipinski definition) is 9. The predicted octanol–water partition coefficient (Wildman–Crippen LogP) is 3.33. The van der Waals surface area contributed by atoms with Crippen LogP contribution < -0.4 is 20.7 Å². The van der Waals surface area contributed by atoms with Crippen LogP contribution >= 0.6 is 11.3 Å². The third-order valence-electron chi connectivity index (χ3n) is 5.15. The van der Waals surface area contributed by atoms with E-state index >= 15 is 0 Å². The van der Waals surface area contributed by atoms with E-state index in [0.29, 0.717) is 33.9 Å². The fraction of sp³-hybridized carbons (Fsp3) is 0.286. The monoisotopic (exact) mass is 450 g/mol. The first-order valence-electron chi connectivity index (χ1n) is 10.4. The number of ether oxygens (including phenoxy) is 1. The smallest absolute Gasteiger partial charge is 0.257 e. The third-order valence-corrected chi connectivity index (χ3v) is 5.91. The fourth-order valence-electron chi connectivity index (χ4n) is 3.60. The minimum absolute atomic E-state index is 0.249. The van der Waals surface area contributed by atoms with E-state index in [1.807, 2.05) is 6.92 Å². The van der Waals surface area contributed by atoms with Crippen LogP contribution in [0.2, 0.25) is 0 Å². The first-order valence-corrected chi connectivity index (χ1v) is 11.2. The summed E-state index contributed by atoms with van der Waals surface area (Å²) in [4.78, 5) is 16.8. The van der Waals surface area contributed by atoms with Gasteiger partial charge >= 0.3 is 0 Å². The van der Waals surface area contributed by atoms with Crippen LogP contribution in [0.1, 0.15) is 28.2 Å². The number of pyridine rings is 1. The standard InChI is InChI=1S/C21H22N8O2S/c1-12-26-29-21(32-12)25-20(30)13-4-6-15(7-5-13)31-16-8-10-23-18-17(16)19(28-27-18)24-14-3-2-9-22-11-14/h4-8,10,14,22H,2-3,9,11H2,1H3,(H,25,29,30)(H2,23,24,27,28)/t14-/m1/s1. The molecule has 0 aliphatic carbocycles. The topological polar surface area (TPSA) is 130 Å². The molecule has 10 nitrogen and oxygen atoms in total. The van der Waals surface area contributed by atoms with Crippen LogP contribution in [0, 0.1) is 6.92 Å². The number of nitrogens with one attached hydrogen (secondary N) is 4. The minimum Gasteiger partial charge on any atom is -0.456 e. The highest BCUT2D eigenvalue weighted by atomic mass is 32.1. The highest BCUT2D eigenvalue weighted by Gasteiger charge is 2.19. The summed E-state index contributed by atoms with van der Waals surface area (Å²) < 4.78 is 6.13. The van der Waals surface area contributed by atoms with Crippen LogP contribution in [-0.2, 0) is 0 Å². The number of H-pyrrole nitrogens is 1. The second kappa shape index (κ2) is 8.89. The molecule has 0 spiro atoms. The van der Waals surface area contributed by atoms with Crippen LogP contribution in [0.5, 0.6) is 11.5 Å². The Morgan fingerprint density at radius 2 is 2.09 bits per heavy atom. The van der Waals surface area contributed by atoms with Gasteiger partial charge in [-0.25, -0.2) is 4.98 Å². The lowest BCUT2D eigenvalue weighted by atomic mass is 10.1. The molecule has 32 heavy (non-hydrogen) atoms. The molecule has 0 saturated carbocycles. The van der Waals surface area contributed by atoms with Crippen molar-refractivity contribution in [3.63, 3.8) is 0 Å². The van der Waals surface area contributed by atoms with Crippen LogP contribution in [-0.4, -0.2) is 50.4 Å². The van der Waals surface area contributed by atoms with Crippen molar-refractivity contribution in [2.24, 2.45) is 0 Å². The number of hydrogen-bond donors (Lipinski definition) is 4. The third kappa shape index (κ3) is 4.39. The molecule has 1 aliphatic rings. The first-order chi connectivity index (χ1) is 15.7. The van der Waals surface area contributed by atoms with Gasteiger partial charge in [0.1, 0.15) is 21.9 Å². The summed E-state index contributed by atoms with van der Waals surface area (Å²) in [5.41, 5.74) is 1.15. The minimum atomic E-state index is -0.249. The van der Waals surface area contributed by atoms with Gasteiger partial charge in [-0.05, 0) is 50.6 Å². The fourth-order valence-corrected chi connectivity index (χ4v) is 4.18. The van der Waals surface area contributed by atoms with E-state index in [2.05, 4.69) is 41.3 Å². The molecule has 1 fully saturated rings. The van der Waals surface area contributed by atoms with Gasteiger partial charge in [0.25, 0.3) is 5.91 Å². The zero-order chi connectivity index (χ0) is 21.9. The molecule has 1 aromatic carbocycles. The Labute approximate surface area is 187 Å². The molecule has 1 atom stereocenters. The molecular formula is C21H22N8O2S. The Bertz CT molecular complexity index is 1230. The molecule has 11 heteroatoms. The van der Waals surface area contributed by atoms with Gasteiger partial charge in [0.15, 0.2) is 11.5 Å². The normalized spacial score (nSPS) is 16.1. The van der Waals surface area contributed by atoms with E-state index in [-0.39, 0.29) is 5.91 Å². The number of rotatable bonds is 6. The van der Waals surface area contributed by atoms with Gasteiger partial charge in [0, 0.05) is 30.4 Å². The molecule has 1 aliphatic heterocycles. The Hall–Kier alpha value is -3.57. The van der Waals surface area contributed by atoms with Gasteiger partial charge in [0.05, 0.1) is 0 Å². The molecule has 4 N–H and O–H groups in total. The molecule has 164 valence electrons. The van der Waals surface area contributed by atoms with Crippen LogP contribution in [0.15, 0.2) is 36.5 Å². The number of aryl methyl sites for hydroxylation is 1. The number of benzene rings is 1. The highest BCUT2D eigenvalue weighted by molar-refractivity contribution is 7.15. The number of piperidine rings is 1. The average Bonchev–Trinajstić information content (AvgIpc) is 3.41. The SMILES string of the molecule is Cc1nnc(NC(=O)c2ccc(Oc3ccnc4[nH]nc(N[C@@H]5CCCNC5)c34)cc2)s1.